The van der Waals surface area contributed by atoms with Gasteiger partial charge in [-0.3, -0.25) is 14.6 Å². The first-order chi connectivity index (χ1) is 15.6. The number of nitrogen functional groups attached to an aromatic ring is 1. The Bertz CT molecular complexity index is 943. The number of aromatic nitrogens is 2. The van der Waals surface area contributed by atoms with Gasteiger partial charge in [0.25, 0.3) is 0 Å². The average Bonchev–Trinajstić information content (AvgIpc) is 2.81. The zero-order chi connectivity index (χ0) is 22.8. The number of thioether (sulfide) groups is 1. The average molecular weight is 477 g/mol. The number of hydrogen-bond donors (Lipinski definition) is 4. The van der Waals surface area contributed by atoms with Crippen LogP contribution in [0.5, 0.6) is 0 Å². The number of benzene rings is 1. The largest absolute Gasteiger partial charge is 0.473 e. The van der Waals surface area contributed by atoms with E-state index in [-0.39, 0.29) is 12.6 Å². The van der Waals surface area contributed by atoms with E-state index in [2.05, 4.69) is 29.4 Å². The number of rotatable bonds is 10. The topological polar surface area (TPSA) is 133 Å². The molecule has 1 aliphatic heterocycles. The van der Waals surface area contributed by atoms with Gasteiger partial charge in [0.2, 0.25) is 11.8 Å². The predicted octanol–water partition coefficient (Wildman–Crippen LogP) is 2.36. The third-order valence-corrected chi connectivity index (χ3v) is 5.90. The summed E-state index contributed by atoms with van der Waals surface area (Å²) in [5.41, 5.74) is 7.15. The van der Waals surface area contributed by atoms with Gasteiger partial charge in [0.1, 0.15) is 12.4 Å². The summed E-state index contributed by atoms with van der Waals surface area (Å²) < 4.78 is 13.1. The van der Waals surface area contributed by atoms with Crippen LogP contribution in [0.4, 0.5) is 11.6 Å². The molecular weight excluding hydrogens is 448 g/mol. The smallest absolute Gasteiger partial charge is 0.220 e. The van der Waals surface area contributed by atoms with Gasteiger partial charge in [-0.05, 0) is 37.1 Å². The molecule has 0 spiro atoms. The molecule has 2 heterocycles. The van der Waals surface area contributed by atoms with Crippen molar-refractivity contribution in [2.45, 2.75) is 31.2 Å². The summed E-state index contributed by atoms with van der Waals surface area (Å²) in [4.78, 5) is 15.6. The van der Waals surface area contributed by atoms with Gasteiger partial charge in [0.15, 0.2) is 6.35 Å². The van der Waals surface area contributed by atoms with E-state index in [9.17, 15) is 5.11 Å². The highest BCUT2D eigenvalue weighted by atomic mass is 32.2. The molecule has 172 valence electrons. The molecule has 3 rings (SSSR count). The lowest BCUT2D eigenvalue weighted by atomic mass is 10.3. The first-order valence-corrected chi connectivity index (χ1v) is 12.1. The van der Waals surface area contributed by atoms with Crippen molar-refractivity contribution in [3.05, 3.63) is 42.2 Å². The molecule has 0 amide bonds. The summed E-state index contributed by atoms with van der Waals surface area (Å²) in [6, 6.07) is 9.71. The van der Waals surface area contributed by atoms with Crippen molar-refractivity contribution in [2.75, 3.05) is 36.9 Å². The van der Waals surface area contributed by atoms with Crippen molar-refractivity contribution >= 4 is 47.3 Å². The molecule has 0 aliphatic carbocycles. The Morgan fingerprint density at radius 3 is 3.09 bits per heavy atom. The summed E-state index contributed by atoms with van der Waals surface area (Å²) in [6.07, 6.45) is 3.28. The molecule has 10 nitrogen and oxygen atoms in total. The maximum atomic E-state index is 10.6. The third kappa shape index (κ3) is 7.55. The fourth-order valence-corrected chi connectivity index (χ4v) is 3.84. The number of hydrogen-bond acceptors (Lipinski definition) is 11. The van der Waals surface area contributed by atoms with Crippen LogP contribution in [0.1, 0.15) is 19.0 Å². The first-order valence-electron chi connectivity index (χ1n) is 10.1. The summed E-state index contributed by atoms with van der Waals surface area (Å²) in [6.45, 7) is 4.07. The zero-order valence-electron chi connectivity index (χ0n) is 18.1. The van der Waals surface area contributed by atoms with E-state index in [4.69, 9.17) is 10.5 Å². The summed E-state index contributed by atoms with van der Waals surface area (Å²) in [7, 11) is 0. The van der Waals surface area contributed by atoms with E-state index >= 15 is 0 Å². The van der Waals surface area contributed by atoms with Crippen LogP contribution >= 0.6 is 23.9 Å². The SMILES string of the molecule is CCN(CCN=C1CC(OCc2ccnc(N)n2)=NSN1)C(O)Nc1cccc(SC)c1. The minimum Gasteiger partial charge on any atom is -0.473 e. The molecule has 32 heavy (non-hydrogen) atoms. The van der Waals surface area contributed by atoms with Gasteiger partial charge in [0, 0.05) is 23.3 Å². The van der Waals surface area contributed by atoms with E-state index in [1.54, 1.807) is 24.0 Å². The fraction of sp³-hybridized carbons (Fsp3) is 0.400. The maximum Gasteiger partial charge on any atom is 0.220 e. The minimum atomic E-state index is -0.799. The Hall–Kier alpha value is -2.54. The van der Waals surface area contributed by atoms with E-state index < -0.39 is 6.35 Å². The zero-order valence-corrected chi connectivity index (χ0v) is 19.7. The first kappa shape index (κ1) is 24.1. The Morgan fingerprint density at radius 1 is 1.44 bits per heavy atom. The van der Waals surface area contributed by atoms with Crippen LogP contribution in [-0.2, 0) is 11.3 Å². The van der Waals surface area contributed by atoms with Gasteiger partial charge in [-0.1, -0.05) is 13.0 Å². The minimum absolute atomic E-state index is 0.212. The van der Waals surface area contributed by atoms with Crippen LogP contribution < -0.4 is 15.8 Å². The highest BCUT2D eigenvalue weighted by Crippen LogP contribution is 2.19. The molecule has 2 aromatic rings. The Balaban J connectivity index is 1.46. The summed E-state index contributed by atoms with van der Waals surface area (Å²) >= 11 is 2.84. The number of aliphatic hydroxyl groups excluding tert-OH is 1. The molecule has 5 N–H and O–H groups in total. The number of nitrogens with one attached hydrogen (secondary N) is 2. The second kappa shape index (κ2) is 12.5. The van der Waals surface area contributed by atoms with E-state index in [0.29, 0.717) is 37.6 Å². The quantitative estimate of drug-likeness (QED) is 0.230. The molecule has 0 fully saturated rings. The van der Waals surface area contributed by atoms with Crippen molar-refractivity contribution in [1.29, 1.82) is 0 Å². The lowest BCUT2D eigenvalue weighted by molar-refractivity contribution is 0.0324. The third-order valence-electron chi connectivity index (χ3n) is 4.56. The highest BCUT2D eigenvalue weighted by Gasteiger charge is 2.16. The van der Waals surface area contributed by atoms with Gasteiger partial charge in [-0.25, -0.2) is 9.97 Å². The number of nitrogens with zero attached hydrogens (tertiary/aromatic N) is 5. The van der Waals surface area contributed by atoms with Crippen LogP contribution in [0.2, 0.25) is 0 Å². The number of aliphatic imine (C=N–C) groups is 1. The standard InChI is InChI=1S/C20H28N8O2S2/c1-3-28(20(29)25-14-5-4-6-16(11-14)31-2)10-9-22-17-12-18(27-32-26-17)30-13-15-7-8-23-19(21)24-15/h4-8,11,20,25,29H,3,9-10,12-13H2,1-2H3,(H,22,26)(H2,21,23,24). The number of likely N-dealkylation sites (N-methyl/N-ethyl adjacent to an activating group) is 1. The highest BCUT2D eigenvalue weighted by molar-refractivity contribution is 7.98. The van der Waals surface area contributed by atoms with E-state index in [1.165, 1.54) is 12.1 Å². The second-order valence-electron chi connectivity index (χ2n) is 6.76. The summed E-state index contributed by atoms with van der Waals surface area (Å²) in [5, 5.41) is 13.7. The van der Waals surface area contributed by atoms with Crippen molar-refractivity contribution in [1.82, 2.24) is 19.6 Å². The molecule has 1 aromatic heterocycles. The van der Waals surface area contributed by atoms with Crippen molar-refractivity contribution in [3.63, 3.8) is 0 Å². The predicted molar refractivity (Wildman–Crippen MR) is 131 cm³/mol. The van der Waals surface area contributed by atoms with Crippen LogP contribution in [0, 0.1) is 0 Å². The van der Waals surface area contributed by atoms with Crippen LogP contribution in [0.15, 0.2) is 50.8 Å². The molecule has 12 heteroatoms. The fourth-order valence-electron chi connectivity index (χ4n) is 2.87. The van der Waals surface area contributed by atoms with Gasteiger partial charge in [-0.2, -0.15) is 4.40 Å². The number of aliphatic hydroxyl groups is 1. The van der Waals surface area contributed by atoms with E-state index in [0.717, 1.165) is 16.4 Å². The Morgan fingerprint density at radius 2 is 2.31 bits per heavy atom. The van der Waals surface area contributed by atoms with Gasteiger partial charge in [-0.15, -0.1) is 11.8 Å². The van der Waals surface area contributed by atoms with Crippen LogP contribution in [0.3, 0.4) is 0 Å². The molecule has 1 unspecified atom stereocenters. The Labute approximate surface area is 196 Å². The van der Waals surface area contributed by atoms with Gasteiger partial charge >= 0.3 is 0 Å². The lowest BCUT2D eigenvalue weighted by Crippen LogP contribution is -2.42. The molecule has 0 bridgehead atoms. The summed E-state index contributed by atoms with van der Waals surface area (Å²) in [5.74, 6) is 1.55. The lowest BCUT2D eigenvalue weighted by Gasteiger charge is -2.27. The Kier molecular flexibility index (Phi) is 9.41. The van der Waals surface area contributed by atoms with Crippen LogP contribution in [0.25, 0.3) is 0 Å². The van der Waals surface area contributed by atoms with Gasteiger partial charge in [0.05, 0.1) is 30.8 Å². The molecule has 0 radical (unpaired) electrons. The molecule has 0 saturated carbocycles. The molecule has 1 aliphatic rings. The molecular formula is C20H28N8O2S2. The van der Waals surface area contributed by atoms with Crippen LogP contribution in [-0.4, -0.2) is 63.9 Å². The molecule has 1 atom stereocenters. The van der Waals surface area contributed by atoms with E-state index in [1.807, 2.05) is 42.3 Å². The van der Waals surface area contributed by atoms with Crippen molar-refractivity contribution in [2.24, 2.45) is 9.39 Å². The monoisotopic (exact) mass is 476 g/mol. The number of anilines is 2. The number of nitrogens with two attached hydrogens (primary N) is 1. The second-order valence-corrected chi connectivity index (χ2v) is 8.21. The molecule has 1 aromatic carbocycles. The maximum absolute atomic E-state index is 10.6. The number of ether oxygens (including phenoxy) is 1. The van der Waals surface area contributed by atoms with Crippen molar-refractivity contribution in [3.8, 4) is 0 Å². The van der Waals surface area contributed by atoms with Crippen molar-refractivity contribution < 1.29 is 9.84 Å². The molecule has 0 saturated heterocycles. The number of amidine groups is 1. The van der Waals surface area contributed by atoms with Gasteiger partial charge < -0.3 is 20.9 Å². The normalized spacial score (nSPS) is 15.9.